The molecule has 3 heteroatoms. The van der Waals surface area contributed by atoms with Gasteiger partial charge in [-0.05, 0) is 68.4 Å². The van der Waals surface area contributed by atoms with Crippen molar-refractivity contribution < 1.29 is 13.9 Å². The largest absolute Gasteiger partial charge is 0.489 e. The van der Waals surface area contributed by atoms with Crippen LogP contribution in [-0.4, -0.2) is 5.60 Å². The number of benzene rings is 3. The standard InChI is InChI=1S/C31H32O3/c1-20-13-14-27-24(15-20)25-17-23(32-19-21-9-5-4-6-10-21)18-26(30(25)34-31(27,2)3)29-16-22-11-7-8-12-28(22)33-29/h4-12,16-18,20,24,27H,13-15,19H2,1-3H3/t20-,24-,27+/m0/s1. The molecule has 0 bridgehead atoms. The highest BCUT2D eigenvalue weighted by molar-refractivity contribution is 5.85. The number of furan rings is 1. The van der Waals surface area contributed by atoms with Crippen molar-refractivity contribution >= 4 is 11.0 Å². The maximum atomic E-state index is 6.81. The summed E-state index contributed by atoms with van der Waals surface area (Å²) in [5.74, 6) is 4.35. The summed E-state index contributed by atoms with van der Waals surface area (Å²) in [6, 6.07) is 25.0. The van der Waals surface area contributed by atoms with Gasteiger partial charge in [0.2, 0.25) is 0 Å². The number of para-hydroxylation sites is 1. The highest BCUT2D eigenvalue weighted by Crippen LogP contribution is 2.56. The minimum absolute atomic E-state index is 0.217. The second-order valence-electron chi connectivity index (χ2n) is 10.6. The number of hydrogen-bond acceptors (Lipinski definition) is 3. The molecule has 1 aliphatic carbocycles. The van der Waals surface area contributed by atoms with Gasteiger partial charge in [-0.15, -0.1) is 0 Å². The van der Waals surface area contributed by atoms with Crippen LogP contribution in [0.15, 0.2) is 77.2 Å². The van der Waals surface area contributed by atoms with Crippen LogP contribution in [0.3, 0.4) is 0 Å². The second kappa shape index (κ2) is 8.23. The van der Waals surface area contributed by atoms with Gasteiger partial charge in [0.25, 0.3) is 0 Å². The molecule has 0 N–H and O–H groups in total. The van der Waals surface area contributed by atoms with Crippen LogP contribution in [0, 0.1) is 11.8 Å². The average molecular weight is 453 g/mol. The van der Waals surface area contributed by atoms with E-state index in [0.29, 0.717) is 24.4 Å². The van der Waals surface area contributed by atoms with Crippen LogP contribution in [0.2, 0.25) is 0 Å². The second-order valence-corrected chi connectivity index (χ2v) is 10.6. The first-order valence-corrected chi connectivity index (χ1v) is 12.5. The van der Waals surface area contributed by atoms with E-state index in [1.54, 1.807) is 0 Å². The maximum Gasteiger partial charge on any atom is 0.139 e. The van der Waals surface area contributed by atoms with E-state index in [1.165, 1.54) is 24.8 Å². The van der Waals surface area contributed by atoms with Crippen molar-refractivity contribution in [2.24, 2.45) is 11.8 Å². The zero-order valence-electron chi connectivity index (χ0n) is 20.2. The third-order valence-electron chi connectivity index (χ3n) is 7.80. The predicted molar refractivity (Wildman–Crippen MR) is 136 cm³/mol. The smallest absolute Gasteiger partial charge is 0.139 e. The summed E-state index contributed by atoms with van der Waals surface area (Å²) in [6.45, 7) is 7.43. The van der Waals surface area contributed by atoms with E-state index in [2.05, 4.69) is 69.3 Å². The number of ether oxygens (including phenoxy) is 2. The number of fused-ring (bicyclic) bond motifs is 4. The van der Waals surface area contributed by atoms with E-state index in [9.17, 15) is 0 Å². The summed E-state index contributed by atoms with van der Waals surface area (Å²) >= 11 is 0. The fourth-order valence-corrected chi connectivity index (χ4v) is 6.03. The SMILES string of the molecule is C[C@H]1CC[C@@H]2[C@@H](C1)c1cc(OCc3ccccc3)cc(-c3cc4ccccc4o3)c1OC2(C)C. The van der Waals surface area contributed by atoms with E-state index in [-0.39, 0.29) is 5.60 Å². The van der Waals surface area contributed by atoms with Gasteiger partial charge in [0.1, 0.15) is 35.1 Å². The lowest BCUT2D eigenvalue weighted by Crippen LogP contribution is -2.46. The van der Waals surface area contributed by atoms with Crippen molar-refractivity contribution in [3.63, 3.8) is 0 Å². The summed E-state index contributed by atoms with van der Waals surface area (Å²) in [6.07, 6.45) is 3.66. The highest BCUT2D eigenvalue weighted by Gasteiger charge is 2.47. The van der Waals surface area contributed by atoms with Gasteiger partial charge in [0, 0.05) is 16.9 Å². The first-order valence-electron chi connectivity index (χ1n) is 12.5. The van der Waals surface area contributed by atoms with Gasteiger partial charge in [-0.3, -0.25) is 0 Å². The Hall–Kier alpha value is -3.20. The van der Waals surface area contributed by atoms with Gasteiger partial charge < -0.3 is 13.9 Å². The molecule has 1 aliphatic heterocycles. The molecule has 3 nitrogen and oxygen atoms in total. The normalized spacial score (nSPS) is 23.1. The molecule has 0 spiro atoms. The average Bonchev–Trinajstić information content (AvgIpc) is 3.27. The lowest BCUT2D eigenvalue weighted by molar-refractivity contribution is -0.0133. The van der Waals surface area contributed by atoms with Crippen molar-refractivity contribution in [3.8, 4) is 22.8 Å². The van der Waals surface area contributed by atoms with Crippen LogP contribution in [0.5, 0.6) is 11.5 Å². The topological polar surface area (TPSA) is 31.6 Å². The molecule has 6 rings (SSSR count). The Bertz CT molecular complexity index is 1280. The molecule has 0 radical (unpaired) electrons. The quantitative estimate of drug-likeness (QED) is 0.312. The highest BCUT2D eigenvalue weighted by atomic mass is 16.5. The molecule has 34 heavy (non-hydrogen) atoms. The molecule has 3 aromatic carbocycles. The van der Waals surface area contributed by atoms with Gasteiger partial charge in [-0.25, -0.2) is 0 Å². The summed E-state index contributed by atoms with van der Waals surface area (Å²) in [4.78, 5) is 0. The molecule has 0 saturated heterocycles. The molecule has 1 aromatic heterocycles. The third kappa shape index (κ3) is 3.77. The number of hydrogen-bond donors (Lipinski definition) is 0. The van der Waals surface area contributed by atoms with Gasteiger partial charge >= 0.3 is 0 Å². The molecule has 2 heterocycles. The molecule has 0 amide bonds. The van der Waals surface area contributed by atoms with Crippen LogP contribution in [0.1, 0.15) is 57.1 Å². The van der Waals surface area contributed by atoms with Gasteiger partial charge in [0.15, 0.2) is 0 Å². The molecule has 0 unspecified atom stereocenters. The van der Waals surface area contributed by atoms with Crippen molar-refractivity contribution in [1.29, 1.82) is 0 Å². The first-order chi connectivity index (χ1) is 16.5. The predicted octanol–water partition coefficient (Wildman–Crippen LogP) is 8.37. The van der Waals surface area contributed by atoms with Crippen LogP contribution < -0.4 is 9.47 Å². The molecule has 2 aliphatic rings. The van der Waals surface area contributed by atoms with E-state index < -0.39 is 0 Å². The summed E-state index contributed by atoms with van der Waals surface area (Å²) in [5.41, 5.74) is 4.09. The zero-order chi connectivity index (χ0) is 23.3. The first kappa shape index (κ1) is 21.3. The van der Waals surface area contributed by atoms with Gasteiger partial charge in [0.05, 0.1) is 5.56 Å². The third-order valence-corrected chi connectivity index (χ3v) is 7.80. The molecule has 3 atom stereocenters. The Balaban J connectivity index is 1.48. The molecule has 174 valence electrons. The Morgan fingerprint density at radius 1 is 0.941 bits per heavy atom. The molecular weight excluding hydrogens is 420 g/mol. The Morgan fingerprint density at radius 3 is 2.56 bits per heavy atom. The Labute approximate surface area is 201 Å². The van der Waals surface area contributed by atoms with E-state index in [0.717, 1.165) is 39.4 Å². The number of rotatable bonds is 4. The Kier molecular flexibility index (Phi) is 5.17. The van der Waals surface area contributed by atoms with Crippen molar-refractivity contribution in [1.82, 2.24) is 0 Å². The maximum absolute atomic E-state index is 6.81. The van der Waals surface area contributed by atoms with Crippen molar-refractivity contribution in [2.75, 3.05) is 0 Å². The van der Waals surface area contributed by atoms with Gasteiger partial charge in [-0.2, -0.15) is 0 Å². The molecule has 4 aromatic rings. The van der Waals surface area contributed by atoms with Crippen LogP contribution in [0.4, 0.5) is 0 Å². The minimum Gasteiger partial charge on any atom is -0.489 e. The van der Waals surface area contributed by atoms with E-state index in [4.69, 9.17) is 13.9 Å². The fourth-order valence-electron chi connectivity index (χ4n) is 6.03. The lowest BCUT2D eigenvalue weighted by Gasteiger charge is -2.49. The zero-order valence-corrected chi connectivity index (χ0v) is 20.2. The Morgan fingerprint density at radius 2 is 1.74 bits per heavy atom. The molecule has 1 saturated carbocycles. The van der Waals surface area contributed by atoms with Crippen LogP contribution in [-0.2, 0) is 6.61 Å². The van der Waals surface area contributed by atoms with Crippen LogP contribution in [0.25, 0.3) is 22.3 Å². The van der Waals surface area contributed by atoms with Crippen LogP contribution >= 0.6 is 0 Å². The fraction of sp³-hybridized carbons (Fsp3) is 0.355. The molecule has 1 fully saturated rings. The lowest BCUT2D eigenvalue weighted by atomic mass is 9.64. The summed E-state index contributed by atoms with van der Waals surface area (Å²) in [7, 11) is 0. The summed E-state index contributed by atoms with van der Waals surface area (Å²) < 4.78 is 19.5. The van der Waals surface area contributed by atoms with E-state index >= 15 is 0 Å². The van der Waals surface area contributed by atoms with Gasteiger partial charge in [-0.1, -0.05) is 61.9 Å². The monoisotopic (exact) mass is 452 g/mol. The minimum atomic E-state index is -0.217. The van der Waals surface area contributed by atoms with Crippen molar-refractivity contribution in [2.45, 2.75) is 58.2 Å². The molecular formula is C31H32O3. The van der Waals surface area contributed by atoms with Crippen molar-refractivity contribution in [3.05, 3.63) is 83.9 Å². The summed E-state index contributed by atoms with van der Waals surface area (Å²) in [5, 5.41) is 1.10. The van der Waals surface area contributed by atoms with E-state index in [1.807, 2.05) is 24.3 Å².